The summed E-state index contributed by atoms with van der Waals surface area (Å²) in [6.07, 6.45) is 0. The van der Waals surface area contributed by atoms with Crippen LogP contribution >= 0.6 is 23.2 Å². The van der Waals surface area contributed by atoms with Gasteiger partial charge in [0.2, 0.25) is 0 Å². The second-order valence-electron chi connectivity index (χ2n) is 3.53. The standard InChI is InChI=1S/C12H14Cl2N2O/c1-2-16(6-7-17)11(8-15)9-4-3-5-10(13)12(9)14/h3-5,11,17H,2,6-7H2,1H3. The minimum absolute atomic E-state index is 0.00417. The van der Waals surface area contributed by atoms with Crippen molar-refractivity contribution in [2.45, 2.75) is 13.0 Å². The third-order valence-electron chi connectivity index (χ3n) is 2.56. The Morgan fingerprint density at radius 1 is 1.47 bits per heavy atom. The summed E-state index contributed by atoms with van der Waals surface area (Å²) in [6.45, 7) is 3.02. The molecule has 1 N–H and O–H groups in total. The first-order valence-corrected chi connectivity index (χ1v) is 6.09. The molecule has 92 valence electrons. The molecule has 1 rings (SSSR count). The molecule has 0 radical (unpaired) electrons. The van der Waals surface area contributed by atoms with Gasteiger partial charge in [-0.15, -0.1) is 0 Å². The molecule has 0 aromatic heterocycles. The van der Waals surface area contributed by atoms with E-state index < -0.39 is 6.04 Å². The largest absolute Gasteiger partial charge is 0.395 e. The molecule has 0 aliphatic carbocycles. The van der Waals surface area contributed by atoms with Crippen molar-refractivity contribution in [2.24, 2.45) is 0 Å². The number of aliphatic hydroxyl groups excluding tert-OH is 1. The van der Waals surface area contributed by atoms with Gasteiger partial charge >= 0.3 is 0 Å². The fourth-order valence-corrected chi connectivity index (χ4v) is 2.09. The number of nitrogens with zero attached hydrogens (tertiary/aromatic N) is 2. The lowest BCUT2D eigenvalue weighted by molar-refractivity contribution is 0.180. The van der Waals surface area contributed by atoms with E-state index in [0.29, 0.717) is 28.7 Å². The zero-order valence-corrected chi connectivity index (χ0v) is 11.0. The van der Waals surface area contributed by atoms with Crippen LogP contribution in [0, 0.1) is 11.3 Å². The van der Waals surface area contributed by atoms with E-state index in [-0.39, 0.29) is 6.61 Å². The highest BCUT2D eigenvalue weighted by atomic mass is 35.5. The van der Waals surface area contributed by atoms with Gasteiger partial charge in [0.15, 0.2) is 0 Å². The van der Waals surface area contributed by atoms with Crippen LogP contribution in [0.4, 0.5) is 0 Å². The third-order valence-corrected chi connectivity index (χ3v) is 3.39. The van der Waals surface area contributed by atoms with Crippen molar-refractivity contribution in [3.8, 4) is 6.07 Å². The fraction of sp³-hybridized carbons (Fsp3) is 0.417. The Hall–Kier alpha value is -0.790. The predicted molar refractivity (Wildman–Crippen MR) is 69.1 cm³/mol. The van der Waals surface area contributed by atoms with E-state index >= 15 is 0 Å². The molecule has 0 heterocycles. The number of likely N-dealkylation sites (N-methyl/N-ethyl adjacent to an activating group) is 1. The molecule has 0 bridgehead atoms. The summed E-state index contributed by atoms with van der Waals surface area (Å²) in [7, 11) is 0. The molecule has 0 amide bonds. The Kier molecular flexibility index (Phi) is 5.73. The minimum Gasteiger partial charge on any atom is -0.395 e. The van der Waals surface area contributed by atoms with Crippen LogP contribution in [0.2, 0.25) is 10.0 Å². The van der Waals surface area contributed by atoms with Crippen molar-refractivity contribution < 1.29 is 5.11 Å². The average molecular weight is 273 g/mol. The van der Waals surface area contributed by atoms with Crippen molar-refractivity contribution in [3.05, 3.63) is 33.8 Å². The number of aliphatic hydroxyl groups is 1. The summed E-state index contributed by atoms with van der Waals surface area (Å²) in [5, 5.41) is 19.1. The van der Waals surface area contributed by atoms with Crippen LogP contribution in [-0.2, 0) is 0 Å². The lowest BCUT2D eigenvalue weighted by Crippen LogP contribution is -2.30. The molecule has 1 aromatic rings. The highest BCUT2D eigenvalue weighted by Gasteiger charge is 2.21. The smallest absolute Gasteiger partial charge is 0.125 e. The van der Waals surface area contributed by atoms with Crippen molar-refractivity contribution in [1.82, 2.24) is 4.90 Å². The van der Waals surface area contributed by atoms with E-state index in [9.17, 15) is 5.26 Å². The van der Waals surface area contributed by atoms with Gasteiger partial charge in [0.05, 0.1) is 22.7 Å². The molecule has 0 aliphatic heterocycles. The summed E-state index contributed by atoms with van der Waals surface area (Å²) in [6, 6.07) is 6.94. The Morgan fingerprint density at radius 2 is 2.18 bits per heavy atom. The second-order valence-corrected chi connectivity index (χ2v) is 4.31. The van der Waals surface area contributed by atoms with Gasteiger partial charge in [-0.3, -0.25) is 4.90 Å². The van der Waals surface area contributed by atoms with Crippen molar-refractivity contribution in [3.63, 3.8) is 0 Å². The molecule has 0 aliphatic rings. The lowest BCUT2D eigenvalue weighted by Gasteiger charge is -2.25. The van der Waals surface area contributed by atoms with E-state index in [0.717, 1.165) is 0 Å². The normalized spacial score (nSPS) is 12.5. The topological polar surface area (TPSA) is 47.3 Å². The first kappa shape index (κ1) is 14.3. The molecule has 0 saturated carbocycles. The van der Waals surface area contributed by atoms with Crippen molar-refractivity contribution in [2.75, 3.05) is 19.7 Å². The maximum atomic E-state index is 9.25. The van der Waals surface area contributed by atoms with Gasteiger partial charge < -0.3 is 5.11 Å². The van der Waals surface area contributed by atoms with Gasteiger partial charge in [0, 0.05) is 12.1 Å². The molecule has 5 heteroatoms. The summed E-state index contributed by atoms with van der Waals surface area (Å²) in [4.78, 5) is 1.84. The summed E-state index contributed by atoms with van der Waals surface area (Å²) >= 11 is 12.0. The molecule has 0 spiro atoms. The van der Waals surface area contributed by atoms with E-state index in [1.54, 1.807) is 18.2 Å². The Morgan fingerprint density at radius 3 is 2.71 bits per heavy atom. The van der Waals surface area contributed by atoms with Crippen LogP contribution in [0.3, 0.4) is 0 Å². The van der Waals surface area contributed by atoms with Crippen LogP contribution in [0.15, 0.2) is 18.2 Å². The molecule has 3 nitrogen and oxygen atoms in total. The quantitative estimate of drug-likeness (QED) is 0.897. The Balaban J connectivity index is 3.09. The molecular weight excluding hydrogens is 259 g/mol. The number of halogens is 2. The summed E-state index contributed by atoms with van der Waals surface area (Å²) in [5.74, 6) is 0. The number of benzene rings is 1. The van der Waals surface area contributed by atoms with E-state index in [4.69, 9.17) is 28.3 Å². The lowest BCUT2D eigenvalue weighted by atomic mass is 10.1. The van der Waals surface area contributed by atoms with Gasteiger partial charge in [-0.1, -0.05) is 42.3 Å². The van der Waals surface area contributed by atoms with Crippen LogP contribution in [0.25, 0.3) is 0 Å². The van der Waals surface area contributed by atoms with Crippen molar-refractivity contribution in [1.29, 1.82) is 5.26 Å². The summed E-state index contributed by atoms with van der Waals surface area (Å²) < 4.78 is 0. The molecule has 17 heavy (non-hydrogen) atoms. The van der Waals surface area contributed by atoms with E-state index in [2.05, 4.69) is 6.07 Å². The van der Waals surface area contributed by atoms with Gasteiger partial charge in [0.25, 0.3) is 0 Å². The van der Waals surface area contributed by atoms with E-state index in [1.165, 1.54) is 0 Å². The van der Waals surface area contributed by atoms with Gasteiger partial charge in [-0.2, -0.15) is 5.26 Å². The van der Waals surface area contributed by atoms with Gasteiger partial charge in [-0.05, 0) is 12.6 Å². The zero-order valence-electron chi connectivity index (χ0n) is 9.53. The predicted octanol–water partition coefficient (Wildman–Crippen LogP) is 2.87. The Labute approximate surface area is 111 Å². The molecule has 0 fully saturated rings. The number of hydrogen-bond donors (Lipinski definition) is 1. The highest BCUT2D eigenvalue weighted by molar-refractivity contribution is 6.42. The number of nitriles is 1. The molecular formula is C12H14Cl2N2O. The maximum absolute atomic E-state index is 9.25. The van der Waals surface area contributed by atoms with Gasteiger partial charge in [-0.25, -0.2) is 0 Å². The van der Waals surface area contributed by atoms with Crippen molar-refractivity contribution >= 4 is 23.2 Å². The molecule has 1 unspecified atom stereocenters. The molecule has 1 aromatic carbocycles. The van der Waals surface area contributed by atoms with Crippen LogP contribution in [0.1, 0.15) is 18.5 Å². The zero-order chi connectivity index (χ0) is 12.8. The first-order chi connectivity index (χ1) is 8.15. The SMILES string of the molecule is CCN(CCO)C(C#N)c1cccc(Cl)c1Cl. The van der Waals surface area contributed by atoms with E-state index in [1.807, 2.05) is 11.8 Å². The molecule has 0 saturated heterocycles. The fourth-order valence-electron chi connectivity index (χ4n) is 1.68. The molecule has 1 atom stereocenters. The second kappa shape index (κ2) is 6.83. The maximum Gasteiger partial charge on any atom is 0.125 e. The van der Waals surface area contributed by atoms with Gasteiger partial charge in [0.1, 0.15) is 6.04 Å². The van der Waals surface area contributed by atoms with Crippen LogP contribution < -0.4 is 0 Å². The minimum atomic E-state index is -0.488. The first-order valence-electron chi connectivity index (χ1n) is 5.34. The Bertz CT molecular complexity index is 417. The van der Waals surface area contributed by atoms with Crippen LogP contribution in [-0.4, -0.2) is 29.7 Å². The van der Waals surface area contributed by atoms with Crippen LogP contribution in [0.5, 0.6) is 0 Å². The summed E-state index contributed by atoms with van der Waals surface area (Å²) in [5.41, 5.74) is 0.678. The monoisotopic (exact) mass is 272 g/mol. The third kappa shape index (κ3) is 3.34. The highest BCUT2D eigenvalue weighted by Crippen LogP contribution is 2.32. The number of hydrogen-bond acceptors (Lipinski definition) is 3. The average Bonchev–Trinajstić information content (AvgIpc) is 2.34. The number of rotatable bonds is 5.